The Bertz CT molecular complexity index is 1170. The van der Waals surface area contributed by atoms with E-state index in [9.17, 15) is 0 Å². The van der Waals surface area contributed by atoms with Crippen LogP contribution in [0.15, 0.2) is 76.1 Å². The molecule has 0 spiro atoms. The third kappa shape index (κ3) is 3.65. The Hall–Kier alpha value is -3.32. The van der Waals surface area contributed by atoms with E-state index < -0.39 is 0 Å². The molecule has 1 aliphatic rings. The predicted molar refractivity (Wildman–Crippen MR) is 121 cm³/mol. The number of rotatable bonds is 6. The number of pyridine rings is 1. The molecule has 158 valence electrons. The number of thiocarbonyl (C=S) groups is 1. The zero-order valence-electron chi connectivity index (χ0n) is 17.5. The van der Waals surface area contributed by atoms with Crippen molar-refractivity contribution in [3.05, 3.63) is 101 Å². The lowest BCUT2D eigenvalue weighted by atomic mass is 9.96. The minimum Gasteiger partial charge on any atom is -0.467 e. The van der Waals surface area contributed by atoms with Gasteiger partial charge in [-0.15, -0.1) is 0 Å². The van der Waals surface area contributed by atoms with Crippen molar-refractivity contribution in [3.8, 4) is 0 Å². The molecule has 0 radical (unpaired) electrons. The highest BCUT2D eigenvalue weighted by atomic mass is 32.1. The van der Waals surface area contributed by atoms with Crippen molar-refractivity contribution in [2.45, 2.75) is 39.0 Å². The first-order chi connectivity index (χ1) is 15.1. The summed E-state index contributed by atoms with van der Waals surface area (Å²) in [6, 6.07) is 16.0. The number of hydrogen-bond acceptors (Lipinski definition) is 4. The van der Waals surface area contributed by atoms with E-state index in [0.29, 0.717) is 18.2 Å². The van der Waals surface area contributed by atoms with Crippen LogP contribution in [0.2, 0.25) is 0 Å². The lowest BCUT2D eigenvalue weighted by molar-refractivity contribution is 0.286. The first-order valence-electron chi connectivity index (χ1n) is 10.3. The van der Waals surface area contributed by atoms with Crippen LogP contribution in [-0.4, -0.2) is 19.6 Å². The van der Waals surface area contributed by atoms with E-state index in [0.717, 1.165) is 17.2 Å². The Morgan fingerprint density at radius 3 is 2.39 bits per heavy atom. The Balaban J connectivity index is 1.57. The minimum absolute atomic E-state index is 0.0101. The van der Waals surface area contributed by atoms with Crippen LogP contribution < -0.4 is 5.32 Å². The number of hydrogen-bond donors (Lipinski definition) is 1. The Morgan fingerprint density at radius 1 is 1.00 bits per heavy atom. The van der Waals surface area contributed by atoms with Gasteiger partial charge in [0.05, 0.1) is 43.4 Å². The summed E-state index contributed by atoms with van der Waals surface area (Å²) in [5, 5.41) is 4.21. The molecule has 2 atom stereocenters. The lowest BCUT2D eigenvalue weighted by Gasteiger charge is -2.27. The largest absolute Gasteiger partial charge is 0.467 e. The van der Waals surface area contributed by atoms with E-state index in [1.54, 1.807) is 12.5 Å². The topological polar surface area (TPSA) is 59.4 Å². The van der Waals surface area contributed by atoms with Crippen LogP contribution in [0.4, 0.5) is 0 Å². The summed E-state index contributed by atoms with van der Waals surface area (Å²) in [5.74, 6) is 1.81. The number of furan rings is 2. The van der Waals surface area contributed by atoms with Crippen molar-refractivity contribution in [3.63, 3.8) is 0 Å². The zero-order valence-corrected chi connectivity index (χ0v) is 18.3. The molecule has 5 rings (SSSR count). The average molecular weight is 433 g/mol. The maximum absolute atomic E-state index is 5.77. The van der Waals surface area contributed by atoms with Gasteiger partial charge in [-0.3, -0.25) is 4.98 Å². The molecule has 31 heavy (non-hydrogen) atoms. The van der Waals surface area contributed by atoms with Crippen LogP contribution in [0.3, 0.4) is 0 Å². The smallest absolute Gasteiger partial charge is 0.170 e. The Labute approximate surface area is 186 Å². The van der Waals surface area contributed by atoms with Crippen molar-refractivity contribution in [2.75, 3.05) is 0 Å². The molecule has 6 nitrogen and oxygen atoms in total. The summed E-state index contributed by atoms with van der Waals surface area (Å²) in [6.07, 6.45) is 5.24. The third-order valence-electron chi connectivity index (χ3n) is 5.93. The zero-order chi connectivity index (χ0) is 21.4. The van der Waals surface area contributed by atoms with Crippen LogP contribution in [0.1, 0.15) is 46.2 Å². The van der Waals surface area contributed by atoms with Crippen molar-refractivity contribution >= 4 is 17.3 Å². The van der Waals surface area contributed by atoms with Gasteiger partial charge in [0, 0.05) is 17.6 Å². The lowest BCUT2D eigenvalue weighted by Crippen LogP contribution is -2.29. The molecule has 1 saturated heterocycles. The molecule has 1 aliphatic heterocycles. The van der Waals surface area contributed by atoms with Crippen LogP contribution in [-0.2, 0) is 13.1 Å². The molecule has 1 fully saturated rings. The first-order valence-corrected chi connectivity index (χ1v) is 10.7. The molecule has 1 N–H and O–H groups in total. The van der Waals surface area contributed by atoms with Crippen LogP contribution >= 0.6 is 12.2 Å². The minimum atomic E-state index is -0.0544. The fourth-order valence-electron chi connectivity index (χ4n) is 4.41. The molecule has 0 bridgehead atoms. The molecule has 4 aromatic rings. The highest BCUT2D eigenvalue weighted by Gasteiger charge is 2.41. The molecular weight excluding hydrogens is 408 g/mol. The second-order valence-electron chi connectivity index (χ2n) is 7.83. The van der Waals surface area contributed by atoms with Gasteiger partial charge in [-0.05, 0) is 74.1 Å². The standard InChI is InChI=1S/C24H24N4O2S/c1-16-13-20(17(2)27(16)14-18-7-5-11-29-18)23-22(21-9-3-4-10-25-21)26-24(31)28(23)15-19-8-6-12-30-19/h3-13,22-23H,14-15H2,1-2H3,(H,26,31)/t22-,23-/m1/s1. The summed E-state index contributed by atoms with van der Waals surface area (Å²) >= 11 is 5.77. The van der Waals surface area contributed by atoms with Gasteiger partial charge >= 0.3 is 0 Å². The summed E-state index contributed by atoms with van der Waals surface area (Å²) in [4.78, 5) is 6.83. The van der Waals surface area contributed by atoms with Crippen molar-refractivity contribution in [1.82, 2.24) is 19.8 Å². The van der Waals surface area contributed by atoms with E-state index in [2.05, 4.69) is 39.7 Å². The maximum Gasteiger partial charge on any atom is 0.170 e. The molecule has 0 amide bonds. The van der Waals surface area contributed by atoms with Crippen LogP contribution in [0.25, 0.3) is 0 Å². The maximum atomic E-state index is 5.77. The van der Waals surface area contributed by atoms with Crippen molar-refractivity contribution in [2.24, 2.45) is 0 Å². The second-order valence-corrected chi connectivity index (χ2v) is 8.21. The molecule has 4 aromatic heterocycles. The number of aromatic nitrogens is 2. The van der Waals surface area contributed by atoms with Gasteiger partial charge in [0.15, 0.2) is 5.11 Å². The van der Waals surface area contributed by atoms with Gasteiger partial charge in [-0.25, -0.2) is 0 Å². The van der Waals surface area contributed by atoms with Gasteiger partial charge in [-0.2, -0.15) is 0 Å². The van der Waals surface area contributed by atoms with Gasteiger partial charge < -0.3 is 23.6 Å². The monoisotopic (exact) mass is 432 g/mol. The average Bonchev–Trinajstić information content (AvgIpc) is 3.57. The van der Waals surface area contributed by atoms with Crippen LogP contribution in [0, 0.1) is 13.8 Å². The normalized spacial score (nSPS) is 18.5. The van der Waals surface area contributed by atoms with E-state index in [1.807, 2.05) is 48.7 Å². The van der Waals surface area contributed by atoms with E-state index >= 15 is 0 Å². The first kappa shape index (κ1) is 19.6. The van der Waals surface area contributed by atoms with E-state index in [-0.39, 0.29) is 12.1 Å². The number of nitrogens with one attached hydrogen (secondary N) is 1. The van der Waals surface area contributed by atoms with Gasteiger partial charge in [0.1, 0.15) is 11.5 Å². The van der Waals surface area contributed by atoms with E-state index in [4.69, 9.17) is 21.1 Å². The summed E-state index contributed by atoms with van der Waals surface area (Å²) in [6.45, 7) is 5.58. The second kappa shape index (κ2) is 8.07. The van der Waals surface area contributed by atoms with Crippen molar-refractivity contribution < 1.29 is 8.83 Å². The van der Waals surface area contributed by atoms with Crippen molar-refractivity contribution in [1.29, 1.82) is 0 Å². The fraction of sp³-hybridized carbons (Fsp3) is 0.250. The molecule has 0 aliphatic carbocycles. The Kier molecular flexibility index (Phi) is 5.11. The fourth-order valence-corrected chi connectivity index (χ4v) is 4.72. The third-order valence-corrected chi connectivity index (χ3v) is 6.28. The van der Waals surface area contributed by atoms with Gasteiger partial charge in [0.25, 0.3) is 0 Å². The quantitative estimate of drug-likeness (QED) is 0.437. The molecule has 7 heteroatoms. The molecule has 0 unspecified atom stereocenters. The number of aryl methyl sites for hydroxylation is 1. The number of nitrogens with zero attached hydrogens (tertiary/aromatic N) is 3. The van der Waals surface area contributed by atoms with Gasteiger partial charge in [-0.1, -0.05) is 6.07 Å². The molecule has 5 heterocycles. The molecule has 0 aromatic carbocycles. The Morgan fingerprint density at radius 2 is 1.74 bits per heavy atom. The highest BCUT2D eigenvalue weighted by Crippen LogP contribution is 2.41. The predicted octanol–water partition coefficient (Wildman–Crippen LogP) is 4.91. The van der Waals surface area contributed by atoms with Gasteiger partial charge in [0.2, 0.25) is 0 Å². The summed E-state index contributed by atoms with van der Waals surface area (Å²) in [5.41, 5.74) is 4.56. The molecule has 0 saturated carbocycles. The SMILES string of the molecule is Cc1cc([C@@H]2[C@@H](c3ccccn3)NC(=S)N2Cc2ccco2)c(C)n1Cc1ccco1. The highest BCUT2D eigenvalue weighted by molar-refractivity contribution is 7.80. The van der Waals surface area contributed by atoms with Crippen LogP contribution in [0.5, 0.6) is 0 Å². The van der Waals surface area contributed by atoms with E-state index in [1.165, 1.54) is 17.0 Å². The molecular formula is C24H24N4O2S. The summed E-state index contributed by atoms with van der Waals surface area (Å²) < 4.78 is 13.5. The summed E-state index contributed by atoms with van der Waals surface area (Å²) in [7, 11) is 0.